The third-order valence-electron chi connectivity index (χ3n) is 2.34. The molecule has 0 spiro atoms. The van der Waals surface area contributed by atoms with E-state index in [0.29, 0.717) is 21.1 Å². The van der Waals surface area contributed by atoms with Crippen LogP contribution < -0.4 is 4.90 Å². The van der Waals surface area contributed by atoms with Crippen molar-refractivity contribution in [3.05, 3.63) is 34.0 Å². The Balaban J connectivity index is 2.65. The van der Waals surface area contributed by atoms with Crippen molar-refractivity contribution >= 4 is 33.4 Å². The maximum atomic E-state index is 10.0. The third-order valence-corrected chi connectivity index (χ3v) is 3.12. The van der Waals surface area contributed by atoms with Gasteiger partial charge in [-0.1, -0.05) is 23.7 Å². The molecular formula is C12H11BrClNO2. The van der Waals surface area contributed by atoms with Crippen LogP contribution in [0.1, 0.15) is 0 Å². The Morgan fingerprint density at radius 3 is 2.65 bits per heavy atom. The summed E-state index contributed by atoms with van der Waals surface area (Å²) in [4.78, 5) is 1.79. The zero-order valence-corrected chi connectivity index (χ0v) is 11.7. The fraction of sp³-hybridized carbons (Fsp3) is 0.167. The zero-order valence-electron chi connectivity index (χ0n) is 9.37. The maximum absolute atomic E-state index is 10.0. The molecule has 90 valence electrons. The average Bonchev–Trinajstić information content (AvgIpc) is 2.56. The molecule has 2 rings (SSSR count). The molecule has 17 heavy (non-hydrogen) atoms. The number of furan rings is 1. The van der Waals surface area contributed by atoms with E-state index in [4.69, 9.17) is 16.0 Å². The van der Waals surface area contributed by atoms with E-state index in [2.05, 4.69) is 15.9 Å². The van der Waals surface area contributed by atoms with Crippen LogP contribution in [0, 0.1) is 0 Å². The molecule has 0 saturated carbocycles. The Hall–Kier alpha value is -1.13. The molecular weight excluding hydrogens is 305 g/mol. The lowest BCUT2D eigenvalue weighted by Crippen LogP contribution is -2.08. The van der Waals surface area contributed by atoms with Gasteiger partial charge in [0.05, 0.1) is 5.56 Å². The molecule has 1 N–H and O–H groups in total. The molecule has 1 aromatic heterocycles. The largest absolute Gasteiger partial charge is 0.503 e. The lowest BCUT2D eigenvalue weighted by molar-refractivity contribution is 0.447. The Morgan fingerprint density at radius 1 is 1.35 bits per heavy atom. The molecule has 5 heteroatoms. The monoisotopic (exact) mass is 315 g/mol. The van der Waals surface area contributed by atoms with Crippen molar-refractivity contribution in [2.75, 3.05) is 19.0 Å². The van der Waals surface area contributed by atoms with Gasteiger partial charge in [-0.05, 0) is 33.6 Å². The van der Waals surface area contributed by atoms with E-state index >= 15 is 0 Å². The molecule has 0 aliphatic rings. The fourth-order valence-corrected chi connectivity index (χ4v) is 2.14. The highest BCUT2D eigenvalue weighted by Crippen LogP contribution is 2.45. The second-order valence-electron chi connectivity index (χ2n) is 3.81. The average molecular weight is 317 g/mol. The van der Waals surface area contributed by atoms with Gasteiger partial charge in [0.1, 0.15) is 0 Å². The van der Waals surface area contributed by atoms with Crippen molar-refractivity contribution in [2.45, 2.75) is 0 Å². The lowest BCUT2D eigenvalue weighted by atomic mass is 10.1. The van der Waals surface area contributed by atoms with Gasteiger partial charge in [-0.3, -0.25) is 0 Å². The van der Waals surface area contributed by atoms with Crippen molar-refractivity contribution < 1.29 is 9.52 Å². The molecule has 0 unspecified atom stereocenters. The van der Waals surface area contributed by atoms with Crippen LogP contribution in [0.5, 0.6) is 5.75 Å². The molecule has 0 fully saturated rings. The van der Waals surface area contributed by atoms with Gasteiger partial charge in [0.15, 0.2) is 5.75 Å². The van der Waals surface area contributed by atoms with E-state index in [9.17, 15) is 5.11 Å². The first-order valence-corrected chi connectivity index (χ1v) is 6.12. The van der Waals surface area contributed by atoms with Crippen LogP contribution in [-0.4, -0.2) is 19.2 Å². The van der Waals surface area contributed by atoms with Gasteiger partial charge in [-0.25, -0.2) is 0 Å². The Kier molecular flexibility index (Phi) is 3.35. The molecule has 2 aromatic rings. The van der Waals surface area contributed by atoms with Gasteiger partial charge in [-0.2, -0.15) is 0 Å². The quantitative estimate of drug-likeness (QED) is 0.905. The summed E-state index contributed by atoms with van der Waals surface area (Å²) in [5.41, 5.74) is 1.44. The summed E-state index contributed by atoms with van der Waals surface area (Å²) >= 11 is 9.12. The Labute approximate surface area is 113 Å². The molecule has 3 nitrogen and oxygen atoms in total. The number of benzene rings is 1. The fourth-order valence-electron chi connectivity index (χ4n) is 1.60. The lowest BCUT2D eigenvalue weighted by Gasteiger charge is -2.11. The van der Waals surface area contributed by atoms with Crippen LogP contribution in [0.25, 0.3) is 11.1 Å². The van der Waals surface area contributed by atoms with Gasteiger partial charge < -0.3 is 14.4 Å². The summed E-state index contributed by atoms with van der Waals surface area (Å²) in [5, 5.41) is 10.6. The van der Waals surface area contributed by atoms with Crippen molar-refractivity contribution in [3.63, 3.8) is 0 Å². The second-order valence-corrected chi connectivity index (χ2v) is 4.97. The highest BCUT2D eigenvalue weighted by atomic mass is 79.9. The van der Waals surface area contributed by atoms with Gasteiger partial charge in [0.2, 0.25) is 10.6 Å². The first kappa shape index (κ1) is 12.3. The summed E-state index contributed by atoms with van der Waals surface area (Å²) < 4.78 is 5.77. The van der Waals surface area contributed by atoms with Crippen LogP contribution >= 0.6 is 27.5 Å². The van der Waals surface area contributed by atoms with Gasteiger partial charge in [0.25, 0.3) is 0 Å². The molecule has 1 heterocycles. The first-order valence-electron chi connectivity index (χ1n) is 4.95. The molecule has 0 aliphatic heterocycles. The SMILES string of the molecule is CN(C)c1oc(Br)c(O)c1-c1cccc(Cl)c1. The van der Waals surface area contributed by atoms with Crippen molar-refractivity contribution in [2.24, 2.45) is 0 Å². The van der Waals surface area contributed by atoms with Gasteiger partial charge >= 0.3 is 0 Å². The zero-order chi connectivity index (χ0) is 12.6. The number of rotatable bonds is 2. The van der Waals surface area contributed by atoms with E-state index in [1.807, 2.05) is 26.2 Å². The third kappa shape index (κ3) is 2.28. The van der Waals surface area contributed by atoms with E-state index in [1.165, 1.54) is 0 Å². The van der Waals surface area contributed by atoms with Crippen LogP contribution in [0.3, 0.4) is 0 Å². The summed E-state index contributed by atoms with van der Waals surface area (Å²) in [6.45, 7) is 0. The number of nitrogens with zero attached hydrogens (tertiary/aromatic N) is 1. The summed E-state index contributed by atoms with van der Waals surface area (Å²) in [7, 11) is 3.69. The minimum atomic E-state index is 0.0796. The molecule has 0 saturated heterocycles. The number of anilines is 1. The highest BCUT2D eigenvalue weighted by Gasteiger charge is 2.21. The predicted molar refractivity (Wildman–Crippen MR) is 72.8 cm³/mol. The second kappa shape index (κ2) is 4.63. The minimum Gasteiger partial charge on any atom is -0.503 e. The summed E-state index contributed by atoms with van der Waals surface area (Å²) in [6.07, 6.45) is 0. The van der Waals surface area contributed by atoms with Crippen molar-refractivity contribution in [3.8, 4) is 16.9 Å². The highest BCUT2D eigenvalue weighted by molar-refractivity contribution is 9.10. The van der Waals surface area contributed by atoms with Gasteiger partial charge in [0, 0.05) is 19.1 Å². The minimum absolute atomic E-state index is 0.0796. The number of halogens is 2. The topological polar surface area (TPSA) is 36.6 Å². The molecule has 0 aliphatic carbocycles. The number of aromatic hydroxyl groups is 1. The Bertz CT molecular complexity index is 551. The number of hydrogen-bond donors (Lipinski definition) is 1. The first-order chi connectivity index (χ1) is 8.00. The van der Waals surface area contributed by atoms with E-state index in [-0.39, 0.29) is 5.75 Å². The van der Waals surface area contributed by atoms with Crippen molar-refractivity contribution in [1.29, 1.82) is 0 Å². The number of hydrogen-bond acceptors (Lipinski definition) is 3. The molecule has 0 radical (unpaired) electrons. The van der Waals surface area contributed by atoms with E-state index in [1.54, 1.807) is 17.0 Å². The molecule has 0 amide bonds. The predicted octanol–water partition coefficient (Wildman–Crippen LogP) is 4.13. The summed E-state index contributed by atoms with van der Waals surface area (Å²) in [5.74, 6) is 0.660. The smallest absolute Gasteiger partial charge is 0.214 e. The van der Waals surface area contributed by atoms with Crippen LogP contribution in [0.15, 0.2) is 33.4 Å². The Morgan fingerprint density at radius 2 is 2.06 bits per heavy atom. The molecule has 0 atom stereocenters. The summed E-state index contributed by atoms with van der Waals surface area (Å²) in [6, 6.07) is 7.27. The standard InChI is InChI=1S/C12H11BrClNO2/c1-15(2)12-9(10(16)11(13)17-12)7-4-3-5-8(14)6-7/h3-6,16H,1-2H3. The molecule has 0 bridgehead atoms. The van der Waals surface area contributed by atoms with E-state index < -0.39 is 0 Å². The normalized spacial score (nSPS) is 10.6. The van der Waals surface area contributed by atoms with E-state index in [0.717, 1.165) is 5.56 Å². The van der Waals surface area contributed by atoms with Crippen molar-refractivity contribution in [1.82, 2.24) is 0 Å². The van der Waals surface area contributed by atoms with Gasteiger partial charge in [-0.15, -0.1) is 0 Å². The van der Waals surface area contributed by atoms with Crippen LogP contribution in [0.2, 0.25) is 5.02 Å². The maximum Gasteiger partial charge on any atom is 0.214 e. The van der Waals surface area contributed by atoms with Crippen LogP contribution in [0.4, 0.5) is 5.88 Å². The van der Waals surface area contributed by atoms with Crippen LogP contribution in [-0.2, 0) is 0 Å². The molecule has 1 aromatic carbocycles.